The number of rotatable bonds is 4. The van der Waals surface area contributed by atoms with Crippen molar-refractivity contribution in [2.24, 2.45) is 17.8 Å². The molecule has 2 aromatic rings. The second kappa shape index (κ2) is 8.45. The first-order valence-corrected chi connectivity index (χ1v) is 11.8. The van der Waals surface area contributed by atoms with Gasteiger partial charge in [-0.05, 0) is 78.2 Å². The van der Waals surface area contributed by atoms with Crippen molar-refractivity contribution >= 4 is 23.0 Å². The molecule has 0 N–H and O–H groups in total. The Kier molecular flexibility index (Phi) is 5.99. The van der Waals surface area contributed by atoms with E-state index in [9.17, 15) is 9.59 Å². The van der Waals surface area contributed by atoms with Gasteiger partial charge in [-0.1, -0.05) is 18.2 Å². The van der Waals surface area contributed by atoms with E-state index in [2.05, 4.69) is 17.6 Å². The lowest BCUT2D eigenvalue weighted by Gasteiger charge is -2.27. The maximum absolute atomic E-state index is 12.7. The Morgan fingerprint density at radius 3 is 2.34 bits per heavy atom. The molecule has 0 bridgehead atoms. The van der Waals surface area contributed by atoms with Crippen molar-refractivity contribution in [1.29, 1.82) is 0 Å². The van der Waals surface area contributed by atoms with Crippen molar-refractivity contribution < 1.29 is 19.1 Å². The van der Waals surface area contributed by atoms with Gasteiger partial charge in [0.1, 0.15) is 5.60 Å². The summed E-state index contributed by atoms with van der Waals surface area (Å²) in [5.41, 5.74) is 2.29. The zero-order chi connectivity index (χ0) is 23.2. The van der Waals surface area contributed by atoms with Crippen LogP contribution in [0.4, 0.5) is 4.79 Å². The number of nitrogens with zero attached hydrogens (tertiary/aromatic N) is 2. The number of para-hydroxylation sites is 1. The third-order valence-corrected chi connectivity index (χ3v) is 7.16. The number of ether oxygens (including phenoxy) is 2. The minimum absolute atomic E-state index is 0.192. The summed E-state index contributed by atoms with van der Waals surface area (Å²) in [5.74, 6) is 1.29. The Hall–Kier alpha value is -2.50. The van der Waals surface area contributed by atoms with Gasteiger partial charge in [0.15, 0.2) is 0 Å². The predicted octanol–water partition coefficient (Wildman–Crippen LogP) is 5.58. The first-order valence-electron chi connectivity index (χ1n) is 11.8. The molecule has 0 radical (unpaired) electrons. The van der Waals surface area contributed by atoms with Gasteiger partial charge in [-0.3, -0.25) is 0 Å². The van der Waals surface area contributed by atoms with Crippen LogP contribution in [0.1, 0.15) is 69.6 Å². The van der Waals surface area contributed by atoms with Crippen LogP contribution >= 0.6 is 0 Å². The lowest BCUT2D eigenvalue weighted by Crippen LogP contribution is -2.36. The fourth-order valence-corrected chi connectivity index (χ4v) is 5.80. The fourth-order valence-electron chi connectivity index (χ4n) is 5.80. The van der Waals surface area contributed by atoms with Gasteiger partial charge in [0.05, 0.1) is 12.2 Å². The van der Waals surface area contributed by atoms with Crippen molar-refractivity contribution in [1.82, 2.24) is 9.47 Å². The maximum atomic E-state index is 12.7. The highest BCUT2D eigenvalue weighted by Crippen LogP contribution is 2.47. The van der Waals surface area contributed by atoms with Crippen LogP contribution in [-0.2, 0) is 9.47 Å². The molecule has 3 unspecified atom stereocenters. The highest BCUT2D eigenvalue weighted by Gasteiger charge is 2.45. The first-order chi connectivity index (χ1) is 15.1. The molecule has 1 aliphatic carbocycles. The number of fused-ring (bicyclic) bond motifs is 2. The number of aromatic nitrogens is 1. The molecule has 2 fully saturated rings. The molecule has 1 amide bonds. The van der Waals surface area contributed by atoms with Crippen LogP contribution in [0.25, 0.3) is 10.9 Å². The van der Waals surface area contributed by atoms with Gasteiger partial charge >= 0.3 is 12.1 Å². The number of carbonyl (C=O) groups excluding carboxylic acids is 2. The highest BCUT2D eigenvalue weighted by atomic mass is 16.6. The van der Waals surface area contributed by atoms with Crippen LogP contribution in [0.15, 0.2) is 24.3 Å². The van der Waals surface area contributed by atoms with Crippen molar-refractivity contribution in [3.8, 4) is 0 Å². The van der Waals surface area contributed by atoms with Crippen LogP contribution in [0.5, 0.6) is 0 Å². The van der Waals surface area contributed by atoms with Crippen molar-refractivity contribution in [3.63, 3.8) is 0 Å². The molecule has 1 saturated heterocycles. The van der Waals surface area contributed by atoms with E-state index in [1.807, 2.05) is 57.7 Å². The molecule has 1 aliphatic heterocycles. The fraction of sp³-hybridized carbons (Fsp3) is 0.615. The molecule has 1 saturated carbocycles. The largest absolute Gasteiger partial charge is 0.462 e. The van der Waals surface area contributed by atoms with E-state index in [1.165, 1.54) is 0 Å². The number of amides is 1. The van der Waals surface area contributed by atoms with Gasteiger partial charge in [0.2, 0.25) is 0 Å². The van der Waals surface area contributed by atoms with Crippen LogP contribution in [0.3, 0.4) is 0 Å². The topological polar surface area (TPSA) is 60.8 Å². The highest BCUT2D eigenvalue weighted by molar-refractivity contribution is 6.06. The number of hydrogen-bond acceptors (Lipinski definition) is 4. The summed E-state index contributed by atoms with van der Waals surface area (Å²) >= 11 is 0. The summed E-state index contributed by atoms with van der Waals surface area (Å²) in [6, 6.07) is 8.39. The average molecular weight is 441 g/mol. The predicted molar refractivity (Wildman–Crippen MR) is 125 cm³/mol. The van der Waals surface area contributed by atoms with E-state index < -0.39 is 5.60 Å². The molecule has 1 aromatic heterocycles. The van der Waals surface area contributed by atoms with Crippen LogP contribution in [-0.4, -0.2) is 46.8 Å². The van der Waals surface area contributed by atoms with Crippen molar-refractivity contribution in [2.75, 3.05) is 19.7 Å². The number of esters is 1. The Bertz CT molecular complexity index is 1000. The third kappa shape index (κ3) is 4.12. The van der Waals surface area contributed by atoms with E-state index in [1.54, 1.807) is 0 Å². The van der Waals surface area contributed by atoms with E-state index in [4.69, 9.17) is 9.47 Å². The lowest BCUT2D eigenvalue weighted by molar-refractivity contribution is 0.0276. The van der Waals surface area contributed by atoms with Crippen LogP contribution in [0, 0.1) is 24.7 Å². The molecule has 0 spiro atoms. The molecular formula is C26H36N2O4. The molecule has 4 rings (SSSR count). The Morgan fingerprint density at radius 2 is 1.75 bits per heavy atom. The zero-order valence-corrected chi connectivity index (χ0v) is 20.2. The minimum atomic E-state index is -0.463. The standard InChI is InChI=1S/C26H36N2O4/c1-7-31-24(29)23-17(3)28(22-11-9-8-10-21(22)23)16(2)18-12-19-14-27(15-20(19)13-18)25(30)32-26(4,5)6/h8-11,16,18-20H,7,12-15H2,1-6H3. The number of benzene rings is 1. The Labute approximate surface area is 190 Å². The number of likely N-dealkylation sites (tertiary alicyclic amines) is 1. The third-order valence-electron chi connectivity index (χ3n) is 7.16. The molecule has 32 heavy (non-hydrogen) atoms. The monoisotopic (exact) mass is 440 g/mol. The second-order valence-electron chi connectivity index (χ2n) is 10.4. The Morgan fingerprint density at radius 1 is 1.12 bits per heavy atom. The molecule has 3 atom stereocenters. The summed E-state index contributed by atoms with van der Waals surface area (Å²) in [5, 5.41) is 0.963. The van der Waals surface area contributed by atoms with Crippen molar-refractivity contribution in [3.05, 3.63) is 35.5 Å². The normalized spacial score (nSPS) is 23.9. The van der Waals surface area contributed by atoms with Gasteiger partial charge in [-0.25, -0.2) is 9.59 Å². The average Bonchev–Trinajstić information content (AvgIpc) is 3.35. The molecule has 2 heterocycles. The summed E-state index contributed by atoms with van der Waals surface area (Å²) in [7, 11) is 0. The summed E-state index contributed by atoms with van der Waals surface area (Å²) in [6.45, 7) is 13.8. The number of carbonyl (C=O) groups is 2. The van der Waals surface area contributed by atoms with Gasteiger partial charge < -0.3 is 18.9 Å². The van der Waals surface area contributed by atoms with E-state index in [-0.39, 0.29) is 18.1 Å². The lowest BCUT2D eigenvalue weighted by atomic mass is 9.97. The van der Waals surface area contributed by atoms with Gasteiger partial charge in [0, 0.05) is 35.7 Å². The summed E-state index contributed by atoms with van der Waals surface area (Å²) in [4.78, 5) is 27.1. The van der Waals surface area contributed by atoms with E-state index in [0.29, 0.717) is 29.9 Å². The van der Waals surface area contributed by atoms with E-state index in [0.717, 1.165) is 42.5 Å². The van der Waals surface area contributed by atoms with Crippen LogP contribution in [0.2, 0.25) is 0 Å². The summed E-state index contributed by atoms with van der Waals surface area (Å²) in [6.07, 6.45) is 1.99. The maximum Gasteiger partial charge on any atom is 0.410 e. The molecule has 174 valence electrons. The number of hydrogen-bond donors (Lipinski definition) is 0. The first kappa shape index (κ1) is 22.7. The van der Waals surface area contributed by atoms with E-state index >= 15 is 0 Å². The van der Waals surface area contributed by atoms with Gasteiger partial charge in [-0.15, -0.1) is 0 Å². The summed E-state index contributed by atoms with van der Waals surface area (Å²) < 4.78 is 13.3. The zero-order valence-electron chi connectivity index (χ0n) is 20.2. The van der Waals surface area contributed by atoms with Crippen LogP contribution < -0.4 is 0 Å². The molecule has 6 nitrogen and oxygen atoms in total. The molecule has 1 aromatic carbocycles. The Balaban J connectivity index is 1.53. The van der Waals surface area contributed by atoms with Gasteiger partial charge in [0.25, 0.3) is 0 Å². The SMILES string of the molecule is CCOC(=O)c1c(C)n(C(C)C2CC3CN(C(=O)OC(C)(C)C)CC3C2)c2ccccc12. The molecule has 2 aliphatic rings. The molecular weight excluding hydrogens is 404 g/mol. The second-order valence-corrected chi connectivity index (χ2v) is 10.4. The smallest absolute Gasteiger partial charge is 0.410 e. The van der Waals surface area contributed by atoms with Gasteiger partial charge in [-0.2, -0.15) is 0 Å². The molecule has 6 heteroatoms. The minimum Gasteiger partial charge on any atom is -0.462 e. The quantitative estimate of drug-likeness (QED) is 0.582. The van der Waals surface area contributed by atoms with Crippen molar-refractivity contribution in [2.45, 2.75) is 66.0 Å².